The van der Waals surface area contributed by atoms with Gasteiger partial charge in [0.15, 0.2) is 0 Å². The zero-order chi connectivity index (χ0) is 14.3. The van der Waals surface area contributed by atoms with Crippen molar-refractivity contribution in [2.45, 2.75) is 32.8 Å². The van der Waals surface area contributed by atoms with Crippen molar-refractivity contribution in [3.8, 4) is 0 Å². The van der Waals surface area contributed by atoms with Gasteiger partial charge in [-0.25, -0.2) is 5.48 Å². The largest absolute Gasteiger partial charge is 0.352 e. The summed E-state index contributed by atoms with van der Waals surface area (Å²) in [5.41, 5.74) is 2.50. The van der Waals surface area contributed by atoms with E-state index in [-0.39, 0.29) is 24.8 Å². The van der Waals surface area contributed by atoms with Crippen LogP contribution in [0.1, 0.15) is 37.6 Å². The predicted molar refractivity (Wildman–Crippen MR) is 72.4 cm³/mol. The van der Waals surface area contributed by atoms with E-state index in [0.29, 0.717) is 5.56 Å². The average Bonchev–Trinajstić information content (AvgIpc) is 2.36. The van der Waals surface area contributed by atoms with Crippen molar-refractivity contribution < 1.29 is 14.4 Å². The van der Waals surface area contributed by atoms with E-state index in [0.717, 1.165) is 0 Å². The minimum Gasteiger partial charge on any atom is -0.352 e. The van der Waals surface area contributed by atoms with Gasteiger partial charge in [0.1, 0.15) is 0 Å². The molecular formula is C14H20N2O3. The summed E-state index contributed by atoms with van der Waals surface area (Å²) in [5, 5.41) is 2.67. The molecule has 0 heterocycles. The highest BCUT2D eigenvalue weighted by Crippen LogP contribution is 2.03. The van der Waals surface area contributed by atoms with Crippen molar-refractivity contribution in [2.75, 3.05) is 6.54 Å². The fourth-order valence-corrected chi connectivity index (χ4v) is 1.24. The normalized spacial score (nSPS) is 10.9. The van der Waals surface area contributed by atoms with E-state index in [4.69, 9.17) is 4.84 Å². The van der Waals surface area contributed by atoms with Gasteiger partial charge in [-0.15, -0.1) is 0 Å². The van der Waals surface area contributed by atoms with E-state index in [1.807, 2.05) is 26.8 Å². The van der Waals surface area contributed by atoms with Gasteiger partial charge in [-0.2, -0.15) is 0 Å². The Morgan fingerprint density at radius 3 is 2.37 bits per heavy atom. The molecule has 5 heteroatoms. The highest BCUT2D eigenvalue weighted by Gasteiger charge is 2.12. The van der Waals surface area contributed by atoms with Crippen LogP contribution in [0.3, 0.4) is 0 Å². The van der Waals surface area contributed by atoms with Gasteiger partial charge in [0.05, 0.1) is 5.60 Å². The van der Waals surface area contributed by atoms with Crippen LogP contribution in [0.4, 0.5) is 0 Å². The molecule has 19 heavy (non-hydrogen) atoms. The number of carbonyl (C=O) groups is 2. The Kier molecular flexibility index (Phi) is 5.51. The lowest BCUT2D eigenvalue weighted by Crippen LogP contribution is -2.35. The third kappa shape index (κ3) is 6.57. The molecule has 0 atom stereocenters. The Balaban J connectivity index is 2.24. The molecule has 0 aliphatic carbocycles. The van der Waals surface area contributed by atoms with Gasteiger partial charge in [-0.05, 0) is 32.9 Å². The average molecular weight is 264 g/mol. The van der Waals surface area contributed by atoms with Gasteiger partial charge >= 0.3 is 0 Å². The van der Waals surface area contributed by atoms with Gasteiger partial charge < -0.3 is 5.32 Å². The number of carbonyl (C=O) groups excluding carboxylic acids is 2. The first-order valence-electron chi connectivity index (χ1n) is 6.18. The molecule has 0 saturated heterocycles. The van der Waals surface area contributed by atoms with Crippen molar-refractivity contribution in [2.24, 2.45) is 0 Å². The minimum absolute atomic E-state index is 0.175. The lowest BCUT2D eigenvalue weighted by Gasteiger charge is -2.18. The third-order valence-electron chi connectivity index (χ3n) is 2.14. The van der Waals surface area contributed by atoms with Crippen molar-refractivity contribution in [1.82, 2.24) is 10.8 Å². The van der Waals surface area contributed by atoms with Crippen LogP contribution in [0.15, 0.2) is 30.3 Å². The zero-order valence-corrected chi connectivity index (χ0v) is 11.5. The Hall–Kier alpha value is -1.88. The first-order chi connectivity index (χ1) is 8.88. The molecular weight excluding hydrogens is 244 g/mol. The van der Waals surface area contributed by atoms with Crippen LogP contribution in [0.5, 0.6) is 0 Å². The summed E-state index contributed by atoms with van der Waals surface area (Å²) < 4.78 is 0. The molecule has 1 rings (SSSR count). The number of rotatable bonds is 5. The topological polar surface area (TPSA) is 67.4 Å². The maximum atomic E-state index is 11.7. The molecule has 0 aliphatic rings. The van der Waals surface area contributed by atoms with E-state index in [2.05, 4.69) is 10.8 Å². The SMILES string of the molecule is CC(C)(C)ONC(=O)CCNC(=O)c1ccccc1. The fraction of sp³-hybridized carbons (Fsp3) is 0.429. The molecule has 5 nitrogen and oxygen atoms in total. The van der Waals surface area contributed by atoms with Crippen LogP contribution < -0.4 is 10.8 Å². The quantitative estimate of drug-likeness (QED) is 0.795. The summed E-state index contributed by atoms with van der Waals surface area (Å²) in [7, 11) is 0. The number of hydroxylamine groups is 1. The fourth-order valence-electron chi connectivity index (χ4n) is 1.24. The van der Waals surface area contributed by atoms with Crippen molar-refractivity contribution in [3.63, 3.8) is 0 Å². The van der Waals surface area contributed by atoms with Gasteiger partial charge in [-0.1, -0.05) is 18.2 Å². The summed E-state index contributed by atoms with van der Waals surface area (Å²) in [6.07, 6.45) is 0.175. The van der Waals surface area contributed by atoms with Gasteiger partial charge in [0.25, 0.3) is 5.91 Å². The summed E-state index contributed by atoms with van der Waals surface area (Å²) in [6, 6.07) is 8.86. The first kappa shape index (κ1) is 15.2. The molecule has 0 aromatic heterocycles. The van der Waals surface area contributed by atoms with Crippen molar-refractivity contribution in [3.05, 3.63) is 35.9 Å². The Labute approximate surface area is 113 Å². The second-order valence-electron chi connectivity index (χ2n) is 5.11. The van der Waals surface area contributed by atoms with Crippen LogP contribution in [-0.2, 0) is 9.63 Å². The van der Waals surface area contributed by atoms with Crippen LogP contribution >= 0.6 is 0 Å². The van der Waals surface area contributed by atoms with Gasteiger partial charge in [0, 0.05) is 18.5 Å². The van der Waals surface area contributed by atoms with E-state index in [1.165, 1.54) is 0 Å². The van der Waals surface area contributed by atoms with E-state index >= 15 is 0 Å². The van der Waals surface area contributed by atoms with Gasteiger partial charge in [-0.3, -0.25) is 14.4 Å². The number of hydrogen-bond donors (Lipinski definition) is 2. The maximum absolute atomic E-state index is 11.7. The van der Waals surface area contributed by atoms with E-state index < -0.39 is 5.60 Å². The summed E-state index contributed by atoms with van der Waals surface area (Å²) in [4.78, 5) is 28.2. The van der Waals surface area contributed by atoms with Gasteiger partial charge in [0.2, 0.25) is 5.91 Å². The Bertz CT molecular complexity index is 424. The van der Waals surface area contributed by atoms with E-state index in [1.54, 1.807) is 24.3 Å². The summed E-state index contributed by atoms with van der Waals surface area (Å²) in [6.45, 7) is 5.78. The number of benzene rings is 1. The summed E-state index contributed by atoms with van der Waals surface area (Å²) in [5.74, 6) is -0.451. The highest BCUT2D eigenvalue weighted by atomic mass is 16.7. The molecule has 2 amide bonds. The molecule has 0 unspecified atom stereocenters. The number of amides is 2. The molecule has 0 fully saturated rings. The van der Waals surface area contributed by atoms with Crippen molar-refractivity contribution >= 4 is 11.8 Å². The van der Waals surface area contributed by atoms with Crippen LogP contribution in [0.25, 0.3) is 0 Å². The molecule has 0 radical (unpaired) electrons. The molecule has 0 aliphatic heterocycles. The minimum atomic E-state index is -0.428. The maximum Gasteiger partial charge on any atom is 0.251 e. The number of nitrogens with one attached hydrogen (secondary N) is 2. The molecule has 0 spiro atoms. The Morgan fingerprint density at radius 2 is 1.79 bits per heavy atom. The lowest BCUT2D eigenvalue weighted by atomic mass is 10.2. The zero-order valence-electron chi connectivity index (χ0n) is 11.5. The highest BCUT2D eigenvalue weighted by molar-refractivity contribution is 5.94. The standard InChI is InChI=1S/C14H20N2O3/c1-14(2,3)19-16-12(17)9-10-15-13(18)11-7-5-4-6-8-11/h4-8H,9-10H2,1-3H3,(H,15,18)(H,16,17). The molecule has 0 saturated carbocycles. The second-order valence-corrected chi connectivity index (χ2v) is 5.11. The predicted octanol–water partition coefficient (Wildman–Crippen LogP) is 1.65. The number of hydrogen-bond acceptors (Lipinski definition) is 3. The summed E-state index contributed by atoms with van der Waals surface area (Å²) >= 11 is 0. The Morgan fingerprint density at radius 1 is 1.16 bits per heavy atom. The lowest BCUT2D eigenvalue weighted by molar-refractivity contribution is -0.145. The van der Waals surface area contributed by atoms with Crippen molar-refractivity contribution in [1.29, 1.82) is 0 Å². The second kappa shape index (κ2) is 6.89. The third-order valence-corrected chi connectivity index (χ3v) is 2.14. The van der Waals surface area contributed by atoms with E-state index in [9.17, 15) is 9.59 Å². The van der Waals surface area contributed by atoms with Crippen LogP contribution in [0, 0.1) is 0 Å². The first-order valence-corrected chi connectivity index (χ1v) is 6.18. The monoisotopic (exact) mass is 264 g/mol. The van der Waals surface area contributed by atoms with Crippen LogP contribution in [-0.4, -0.2) is 24.0 Å². The smallest absolute Gasteiger partial charge is 0.251 e. The molecule has 104 valence electrons. The molecule has 2 N–H and O–H groups in total. The molecule has 1 aromatic carbocycles. The van der Waals surface area contributed by atoms with Crippen LogP contribution in [0.2, 0.25) is 0 Å². The molecule has 1 aromatic rings. The molecule has 0 bridgehead atoms.